The van der Waals surface area contributed by atoms with Crippen molar-refractivity contribution in [1.29, 1.82) is 0 Å². The molecule has 0 atom stereocenters. The molecule has 0 spiro atoms. The first kappa shape index (κ1) is 26.2. The molecule has 164 valence electrons. The van der Waals surface area contributed by atoms with E-state index in [4.69, 9.17) is 28.4 Å². The summed E-state index contributed by atoms with van der Waals surface area (Å²) in [7, 11) is 0. The van der Waals surface area contributed by atoms with Gasteiger partial charge in [0.1, 0.15) is 19.8 Å². The fraction of sp³-hybridized carbons (Fsp3) is 0.833. The van der Waals surface area contributed by atoms with Gasteiger partial charge in [-0.2, -0.15) is 0 Å². The molecule has 0 aliphatic carbocycles. The maximum atomic E-state index is 12.3. The lowest BCUT2D eigenvalue weighted by atomic mass is 9.95. The van der Waals surface area contributed by atoms with Crippen LogP contribution in [0.25, 0.3) is 0 Å². The molecule has 0 aromatic carbocycles. The molecule has 0 unspecified atom stereocenters. The van der Waals surface area contributed by atoms with E-state index in [1.165, 1.54) is 0 Å². The molecule has 0 rings (SSSR count). The van der Waals surface area contributed by atoms with Crippen LogP contribution in [0, 0.1) is 0 Å². The highest BCUT2D eigenvalue weighted by molar-refractivity contribution is 5.90. The summed E-state index contributed by atoms with van der Waals surface area (Å²) in [6, 6.07) is 0. The van der Waals surface area contributed by atoms with E-state index in [-0.39, 0.29) is 39.6 Å². The van der Waals surface area contributed by atoms with Gasteiger partial charge in [-0.15, -0.1) is 0 Å². The van der Waals surface area contributed by atoms with Crippen LogP contribution in [0.3, 0.4) is 0 Å². The smallest absolute Gasteiger partial charge is 0.339 e. The zero-order chi connectivity index (χ0) is 21.3. The van der Waals surface area contributed by atoms with Crippen molar-refractivity contribution in [3.05, 3.63) is 0 Å². The molecule has 0 amide bonds. The third kappa shape index (κ3) is 12.6. The number of ether oxygens (including phenoxy) is 6. The molecule has 0 aromatic rings. The quantitative estimate of drug-likeness (QED) is 0.203. The van der Waals surface area contributed by atoms with E-state index in [9.17, 15) is 19.5 Å². The van der Waals surface area contributed by atoms with Crippen LogP contribution >= 0.6 is 0 Å². The normalized spacial score (nSPS) is 11.1. The van der Waals surface area contributed by atoms with Gasteiger partial charge < -0.3 is 33.5 Å². The molecule has 28 heavy (non-hydrogen) atoms. The number of rotatable bonds is 17. The van der Waals surface area contributed by atoms with Crippen LogP contribution in [0.15, 0.2) is 0 Å². The minimum atomic E-state index is -2.41. The number of esters is 3. The van der Waals surface area contributed by atoms with Crippen LogP contribution in [-0.4, -0.2) is 88.1 Å². The van der Waals surface area contributed by atoms with Crippen LogP contribution in [0.5, 0.6) is 0 Å². The highest BCUT2D eigenvalue weighted by Crippen LogP contribution is 2.20. The highest BCUT2D eigenvalue weighted by Gasteiger charge is 2.43. The molecule has 0 aliphatic heterocycles. The summed E-state index contributed by atoms with van der Waals surface area (Å²) in [5.41, 5.74) is -2.41. The summed E-state index contributed by atoms with van der Waals surface area (Å²) in [6.45, 7) is 6.97. The van der Waals surface area contributed by atoms with Gasteiger partial charge in [-0.3, -0.25) is 9.59 Å². The van der Waals surface area contributed by atoms with E-state index in [0.717, 1.165) is 0 Å². The molecule has 0 aliphatic rings. The van der Waals surface area contributed by atoms with Crippen molar-refractivity contribution in [2.75, 3.05) is 59.5 Å². The topological polar surface area (TPSA) is 127 Å². The number of aliphatic hydroxyl groups is 1. The Labute approximate surface area is 165 Å². The molecule has 0 heterocycles. The van der Waals surface area contributed by atoms with Gasteiger partial charge in [0, 0.05) is 19.8 Å². The fourth-order valence-electron chi connectivity index (χ4n) is 1.98. The Balaban J connectivity index is 4.76. The fourth-order valence-corrected chi connectivity index (χ4v) is 1.98. The van der Waals surface area contributed by atoms with E-state index in [1.807, 2.05) is 0 Å². The molecule has 0 aromatic heterocycles. The molecule has 0 saturated carbocycles. The average molecular weight is 408 g/mol. The zero-order valence-corrected chi connectivity index (χ0v) is 16.9. The maximum absolute atomic E-state index is 12.3. The van der Waals surface area contributed by atoms with E-state index >= 15 is 0 Å². The average Bonchev–Trinajstić information content (AvgIpc) is 2.65. The van der Waals surface area contributed by atoms with Crippen molar-refractivity contribution in [2.24, 2.45) is 0 Å². The first-order chi connectivity index (χ1) is 13.4. The lowest BCUT2D eigenvalue weighted by Crippen LogP contribution is -2.45. The Bertz CT molecular complexity index is 426. The molecule has 10 heteroatoms. The second kappa shape index (κ2) is 16.2. The van der Waals surface area contributed by atoms with Gasteiger partial charge in [-0.05, 0) is 20.8 Å². The second-order valence-electron chi connectivity index (χ2n) is 5.55. The standard InChI is InChI=1S/C18H32O10/c1-4-23-7-10-26-15(19)13-18(22,17(21)28-12-9-25-6-3)14-16(20)27-11-8-24-5-2/h22H,4-14H2,1-3H3. The minimum absolute atomic E-state index is 0.0407. The first-order valence-electron chi connectivity index (χ1n) is 9.33. The highest BCUT2D eigenvalue weighted by atomic mass is 16.6. The summed E-state index contributed by atoms with van der Waals surface area (Å²) < 4.78 is 29.8. The van der Waals surface area contributed by atoms with Gasteiger partial charge in [0.2, 0.25) is 0 Å². The summed E-state index contributed by atoms with van der Waals surface area (Å²) in [5.74, 6) is -2.87. The van der Waals surface area contributed by atoms with Crippen molar-refractivity contribution in [3.8, 4) is 0 Å². The van der Waals surface area contributed by atoms with Gasteiger partial charge in [0.05, 0.1) is 32.7 Å². The van der Waals surface area contributed by atoms with Gasteiger partial charge in [-0.1, -0.05) is 0 Å². The molecular formula is C18H32O10. The Hall–Kier alpha value is -1.75. The number of hydrogen-bond acceptors (Lipinski definition) is 10. The van der Waals surface area contributed by atoms with E-state index in [2.05, 4.69) is 0 Å². The monoisotopic (exact) mass is 408 g/mol. The van der Waals surface area contributed by atoms with E-state index in [0.29, 0.717) is 19.8 Å². The minimum Gasteiger partial charge on any atom is -0.463 e. The number of carbonyl (C=O) groups is 3. The van der Waals surface area contributed by atoms with Crippen LogP contribution in [-0.2, 0) is 42.8 Å². The van der Waals surface area contributed by atoms with Crippen molar-refractivity contribution in [3.63, 3.8) is 0 Å². The Morgan fingerprint density at radius 1 is 0.643 bits per heavy atom. The third-order valence-corrected chi connectivity index (χ3v) is 3.31. The zero-order valence-electron chi connectivity index (χ0n) is 16.9. The summed E-state index contributed by atoms with van der Waals surface area (Å²) in [4.78, 5) is 36.1. The first-order valence-corrected chi connectivity index (χ1v) is 9.33. The van der Waals surface area contributed by atoms with Crippen LogP contribution < -0.4 is 0 Å². The molecule has 1 N–H and O–H groups in total. The summed E-state index contributed by atoms with van der Waals surface area (Å²) in [6.07, 6.45) is -1.51. The maximum Gasteiger partial charge on any atom is 0.339 e. The van der Waals surface area contributed by atoms with Crippen molar-refractivity contribution < 1.29 is 47.9 Å². The van der Waals surface area contributed by atoms with Gasteiger partial charge in [0.25, 0.3) is 0 Å². The van der Waals surface area contributed by atoms with Crippen LogP contribution in [0.4, 0.5) is 0 Å². The number of hydrogen-bond donors (Lipinski definition) is 1. The van der Waals surface area contributed by atoms with Gasteiger partial charge in [-0.25, -0.2) is 4.79 Å². The summed E-state index contributed by atoms with van der Waals surface area (Å²) in [5, 5.41) is 10.6. The van der Waals surface area contributed by atoms with E-state index in [1.54, 1.807) is 20.8 Å². The molecule has 0 saturated heterocycles. The van der Waals surface area contributed by atoms with Gasteiger partial charge >= 0.3 is 17.9 Å². The largest absolute Gasteiger partial charge is 0.463 e. The molecule has 10 nitrogen and oxygen atoms in total. The van der Waals surface area contributed by atoms with Crippen LogP contribution in [0.1, 0.15) is 33.6 Å². The number of carbonyl (C=O) groups excluding carboxylic acids is 3. The van der Waals surface area contributed by atoms with Crippen LogP contribution in [0.2, 0.25) is 0 Å². The predicted molar refractivity (Wildman–Crippen MR) is 96.5 cm³/mol. The molecular weight excluding hydrogens is 376 g/mol. The van der Waals surface area contributed by atoms with E-state index < -0.39 is 36.4 Å². The lowest BCUT2D eigenvalue weighted by molar-refractivity contribution is -0.179. The summed E-state index contributed by atoms with van der Waals surface area (Å²) >= 11 is 0. The van der Waals surface area contributed by atoms with Crippen molar-refractivity contribution in [2.45, 2.75) is 39.2 Å². The predicted octanol–water partition coefficient (Wildman–Crippen LogP) is 0.237. The SMILES string of the molecule is CCOCCOC(=O)CC(O)(CC(=O)OCCOCC)C(=O)OCCOCC. The van der Waals surface area contributed by atoms with Gasteiger partial charge in [0.15, 0.2) is 5.60 Å². The second-order valence-corrected chi connectivity index (χ2v) is 5.55. The lowest BCUT2D eigenvalue weighted by Gasteiger charge is -2.24. The molecule has 0 fully saturated rings. The van der Waals surface area contributed by atoms with Crippen molar-refractivity contribution in [1.82, 2.24) is 0 Å². The molecule has 0 radical (unpaired) electrons. The Morgan fingerprint density at radius 3 is 1.36 bits per heavy atom. The molecule has 0 bridgehead atoms. The Morgan fingerprint density at radius 2 is 1.00 bits per heavy atom. The third-order valence-electron chi connectivity index (χ3n) is 3.31. The Kier molecular flexibility index (Phi) is 15.2. The van der Waals surface area contributed by atoms with Crippen molar-refractivity contribution >= 4 is 17.9 Å².